The first-order chi connectivity index (χ1) is 9.43. The van der Waals surface area contributed by atoms with E-state index in [1.807, 2.05) is 0 Å². The number of nitrogens with two attached hydrogens (primary N) is 1. The van der Waals surface area contributed by atoms with Gasteiger partial charge in [-0.3, -0.25) is 16.3 Å². The topological polar surface area (TPSA) is 50.9 Å². The molecule has 3 N–H and O–H groups in total. The minimum Gasteiger partial charge on any atom is -0.271 e. The van der Waals surface area contributed by atoms with Crippen molar-refractivity contribution in [1.29, 1.82) is 0 Å². The molecule has 7 heteroatoms. The molecule has 20 heavy (non-hydrogen) atoms. The quantitative estimate of drug-likeness (QED) is 0.511. The van der Waals surface area contributed by atoms with Crippen LogP contribution in [0.15, 0.2) is 18.5 Å². The number of hydrogen-bond acceptors (Lipinski definition) is 3. The predicted molar refractivity (Wildman–Crippen MR) is 65.8 cm³/mol. The van der Waals surface area contributed by atoms with Crippen molar-refractivity contribution in [3.8, 4) is 0 Å². The molecule has 0 bridgehead atoms. The van der Waals surface area contributed by atoms with Crippen LogP contribution in [0.4, 0.5) is 17.6 Å². The van der Waals surface area contributed by atoms with Crippen molar-refractivity contribution in [1.82, 2.24) is 10.4 Å². The van der Waals surface area contributed by atoms with Gasteiger partial charge >= 0.3 is 6.18 Å². The van der Waals surface area contributed by atoms with E-state index in [9.17, 15) is 17.6 Å². The van der Waals surface area contributed by atoms with Gasteiger partial charge in [-0.05, 0) is 37.7 Å². The number of rotatable bonds is 3. The Kier molecular flexibility index (Phi) is 4.59. The monoisotopic (exact) mass is 291 g/mol. The summed E-state index contributed by atoms with van der Waals surface area (Å²) >= 11 is 0. The number of hydrogen-bond donors (Lipinski definition) is 2. The number of alkyl halides is 3. The number of nitrogens with zero attached hydrogens (tertiary/aromatic N) is 1. The largest absolute Gasteiger partial charge is 0.391 e. The number of nitrogens with one attached hydrogen (secondary N) is 1. The Morgan fingerprint density at radius 3 is 2.40 bits per heavy atom. The predicted octanol–water partition coefficient (Wildman–Crippen LogP) is 3.09. The Balaban J connectivity index is 2.06. The van der Waals surface area contributed by atoms with Crippen molar-refractivity contribution in [2.45, 2.75) is 37.9 Å². The first-order valence-electron chi connectivity index (χ1n) is 6.55. The first kappa shape index (κ1) is 15.2. The highest BCUT2D eigenvalue weighted by atomic mass is 19.4. The summed E-state index contributed by atoms with van der Waals surface area (Å²) in [5.41, 5.74) is 2.89. The molecule has 0 aliphatic heterocycles. The maximum Gasteiger partial charge on any atom is 0.391 e. The van der Waals surface area contributed by atoms with Gasteiger partial charge in [0.15, 0.2) is 0 Å². The highest BCUT2D eigenvalue weighted by molar-refractivity contribution is 5.18. The second-order valence-corrected chi connectivity index (χ2v) is 5.19. The van der Waals surface area contributed by atoms with Gasteiger partial charge in [-0.1, -0.05) is 0 Å². The van der Waals surface area contributed by atoms with Crippen LogP contribution in [0.25, 0.3) is 0 Å². The highest BCUT2D eigenvalue weighted by Crippen LogP contribution is 2.43. The van der Waals surface area contributed by atoms with Gasteiger partial charge < -0.3 is 0 Å². The number of aromatic nitrogens is 1. The lowest BCUT2D eigenvalue weighted by Crippen LogP contribution is -2.37. The van der Waals surface area contributed by atoms with Crippen LogP contribution in [-0.2, 0) is 0 Å². The number of halogens is 4. The summed E-state index contributed by atoms with van der Waals surface area (Å²) in [6.45, 7) is 0. The third-order valence-electron chi connectivity index (χ3n) is 4.02. The van der Waals surface area contributed by atoms with Gasteiger partial charge in [0.25, 0.3) is 0 Å². The summed E-state index contributed by atoms with van der Waals surface area (Å²) < 4.78 is 51.6. The summed E-state index contributed by atoms with van der Waals surface area (Å²) in [4.78, 5) is 3.66. The molecule has 1 aliphatic rings. The SMILES string of the molecule is NNC(c1ccncc1F)C1CCC(C(F)(F)F)CC1. The molecule has 1 aromatic rings. The molecule has 0 spiro atoms. The lowest BCUT2D eigenvalue weighted by Gasteiger charge is -2.34. The van der Waals surface area contributed by atoms with Gasteiger partial charge in [0, 0.05) is 11.8 Å². The van der Waals surface area contributed by atoms with Crippen molar-refractivity contribution in [3.63, 3.8) is 0 Å². The average molecular weight is 291 g/mol. The van der Waals surface area contributed by atoms with Gasteiger partial charge in [-0.15, -0.1) is 0 Å². The van der Waals surface area contributed by atoms with Crippen molar-refractivity contribution >= 4 is 0 Å². The Bertz CT molecular complexity index is 441. The maximum absolute atomic E-state index is 13.7. The number of pyridine rings is 1. The lowest BCUT2D eigenvalue weighted by atomic mass is 9.76. The summed E-state index contributed by atoms with van der Waals surface area (Å²) in [7, 11) is 0. The van der Waals surface area contributed by atoms with Crippen molar-refractivity contribution in [2.24, 2.45) is 17.7 Å². The number of hydrazine groups is 1. The lowest BCUT2D eigenvalue weighted by molar-refractivity contribution is -0.184. The van der Waals surface area contributed by atoms with Crippen LogP contribution in [0.3, 0.4) is 0 Å². The summed E-state index contributed by atoms with van der Waals surface area (Å²) in [5, 5.41) is 0. The molecule has 1 aliphatic carbocycles. The van der Waals surface area contributed by atoms with Gasteiger partial charge in [0.2, 0.25) is 0 Å². The molecule has 1 unspecified atom stereocenters. The third-order valence-corrected chi connectivity index (χ3v) is 4.02. The molecular weight excluding hydrogens is 274 g/mol. The normalized spacial score (nSPS) is 25.4. The molecule has 2 rings (SSSR count). The second-order valence-electron chi connectivity index (χ2n) is 5.19. The summed E-state index contributed by atoms with van der Waals surface area (Å²) in [6, 6.07) is 1.03. The summed E-state index contributed by atoms with van der Waals surface area (Å²) in [6.07, 6.45) is -0.719. The van der Waals surface area contributed by atoms with Gasteiger partial charge in [-0.25, -0.2) is 4.39 Å². The molecule has 1 fully saturated rings. The standard InChI is InChI=1S/C13H17F4N3/c14-11-7-19-6-5-10(11)12(20-18)8-1-3-9(4-2-8)13(15,16)17/h5-9,12,20H,1-4,18H2. The second kappa shape index (κ2) is 6.05. The Morgan fingerprint density at radius 1 is 1.25 bits per heavy atom. The van der Waals surface area contributed by atoms with Crippen LogP contribution in [0.1, 0.15) is 37.3 Å². The van der Waals surface area contributed by atoms with Crippen LogP contribution < -0.4 is 11.3 Å². The zero-order chi connectivity index (χ0) is 14.8. The maximum atomic E-state index is 13.7. The molecule has 1 aromatic heterocycles. The van der Waals surface area contributed by atoms with Crippen LogP contribution in [0, 0.1) is 17.7 Å². The zero-order valence-corrected chi connectivity index (χ0v) is 10.8. The van der Waals surface area contributed by atoms with E-state index in [0.29, 0.717) is 18.4 Å². The van der Waals surface area contributed by atoms with E-state index in [4.69, 9.17) is 5.84 Å². The highest BCUT2D eigenvalue weighted by Gasteiger charge is 2.42. The average Bonchev–Trinajstić information content (AvgIpc) is 2.41. The van der Waals surface area contributed by atoms with Gasteiger partial charge in [0.05, 0.1) is 18.2 Å². The molecule has 0 aromatic carbocycles. The minimum atomic E-state index is -4.14. The fourth-order valence-corrected chi connectivity index (χ4v) is 2.90. The molecular formula is C13H17F4N3. The van der Waals surface area contributed by atoms with Crippen molar-refractivity contribution in [2.75, 3.05) is 0 Å². The van der Waals surface area contributed by atoms with Crippen LogP contribution >= 0.6 is 0 Å². The van der Waals surface area contributed by atoms with Crippen LogP contribution in [-0.4, -0.2) is 11.2 Å². The van der Waals surface area contributed by atoms with E-state index in [1.54, 1.807) is 0 Å². The van der Waals surface area contributed by atoms with E-state index >= 15 is 0 Å². The van der Waals surface area contributed by atoms with Crippen LogP contribution in [0.5, 0.6) is 0 Å². The van der Waals surface area contributed by atoms with E-state index in [-0.39, 0.29) is 18.8 Å². The van der Waals surface area contributed by atoms with Crippen LogP contribution in [0.2, 0.25) is 0 Å². The molecule has 0 amide bonds. The van der Waals surface area contributed by atoms with E-state index in [1.165, 1.54) is 12.3 Å². The minimum absolute atomic E-state index is 0.0685. The Labute approximate surface area is 114 Å². The van der Waals surface area contributed by atoms with Gasteiger partial charge in [-0.2, -0.15) is 13.2 Å². The Hall–Kier alpha value is -1.21. The van der Waals surface area contributed by atoms with Crippen molar-refractivity contribution < 1.29 is 17.6 Å². The molecule has 112 valence electrons. The molecule has 1 saturated carbocycles. The zero-order valence-electron chi connectivity index (χ0n) is 10.8. The molecule has 3 nitrogen and oxygen atoms in total. The first-order valence-corrected chi connectivity index (χ1v) is 6.55. The third kappa shape index (κ3) is 3.27. The molecule has 0 saturated heterocycles. The fraction of sp³-hybridized carbons (Fsp3) is 0.615. The van der Waals surface area contributed by atoms with Crippen molar-refractivity contribution in [3.05, 3.63) is 29.8 Å². The van der Waals surface area contributed by atoms with E-state index < -0.39 is 24.0 Å². The van der Waals surface area contributed by atoms with E-state index in [2.05, 4.69) is 10.4 Å². The smallest absolute Gasteiger partial charge is 0.271 e. The van der Waals surface area contributed by atoms with E-state index in [0.717, 1.165) is 6.20 Å². The Morgan fingerprint density at radius 2 is 1.90 bits per heavy atom. The molecule has 1 atom stereocenters. The summed E-state index contributed by atoms with van der Waals surface area (Å²) in [5.74, 6) is 3.62. The fourth-order valence-electron chi connectivity index (χ4n) is 2.90. The molecule has 0 radical (unpaired) electrons. The molecule has 1 heterocycles. The van der Waals surface area contributed by atoms with Gasteiger partial charge in [0.1, 0.15) is 5.82 Å².